The molecule has 0 aliphatic heterocycles. The lowest BCUT2D eigenvalue weighted by atomic mass is 10.4. The summed E-state index contributed by atoms with van der Waals surface area (Å²) < 4.78 is 35.7. The minimum atomic E-state index is -4.35. The maximum atomic E-state index is 11.7. The maximum Gasteiger partial charge on any atom is 0.419 e. The summed E-state index contributed by atoms with van der Waals surface area (Å²) in [5.41, 5.74) is -0.845. The predicted molar refractivity (Wildman–Crippen MR) is 28.5 cm³/mol. The van der Waals surface area contributed by atoms with Crippen molar-refractivity contribution in [3.8, 4) is 0 Å². The Labute approximate surface area is 59.3 Å². The van der Waals surface area contributed by atoms with Crippen molar-refractivity contribution in [2.75, 3.05) is 0 Å². The number of halogens is 4. The molecule has 0 unspecified atom stereocenters. The minimum absolute atomic E-state index is 0.586. The van der Waals surface area contributed by atoms with Crippen molar-refractivity contribution in [3.63, 3.8) is 0 Å². The molecular weight excluding hydrogens is 169 g/mol. The summed E-state index contributed by atoms with van der Waals surface area (Å²) in [5.74, 6) is 0. The van der Waals surface area contributed by atoms with Crippen LogP contribution >= 0.6 is 11.8 Å². The Morgan fingerprint density at radius 2 is 2.10 bits per heavy atom. The zero-order chi connectivity index (χ0) is 7.78. The molecule has 6 heteroatoms. The number of hydrogen-bond donors (Lipinski definition) is 0. The average Bonchev–Trinajstić information content (AvgIpc) is 2.11. The number of hydrogen-bond acceptors (Lipinski definition) is 1. The van der Waals surface area contributed by atoms with E-state index >= 15 is 0 Å². The van der Waals surface area contributed by atoms with Crippen LogP contribution in [0.3, 0.4) is 0 Å². The highest BCUT2D eigenvalue weighted by molar-refractivity contribution is 6.14. The first-order valence-corrected chi connectivity index (χ1v) is 2.62. The minimum Gasteiger partial charge on any atom is -0.180 e. The second-order valence-corrected chi connectivity index (χ2v) is 1.96. The van der Waals surface area contributed by atoms with Gasteiger partial charge in [-0.15, -0.1) is 0 Å². The van der Waals surface area contributed by atoms with Crippen molar-refractivity contribution < 1.29 is 13.2 Å². The largest absolute Gasteiger partial charge is 0.419 e. The first-order chi connectivity index (χ1) is 4.50. The molecule has 2 nitrogen and oxygen atoms in total. The number of alkyl halides is 3. The lowest BCUT2D eigenvalue weighted by Gasteiger charge is -1.99. The van der Waals surface area contributed by atoms with Gasteiger partial charge >= 0.3 is 6.18 Å². The fraction of sp³-hybridized carbons (Fsp3) is 0.250. The van der Waals surface area contributed by atoms with E-state index in [1.54, 1.807) is 0 Å². The summed E-state index contributed by atoms with van der Waals surface area (Å²) in [5, 5.41) is 3.15. The van der Waals surface area contributed by atoms with E-state index in [1.807, 2.05) is 0 Å². The Morgan fingerprint density at radius 1 is 1.50 bits per heavy atom. The molecular formula is C4H2ClF3N2. The van der Waals surface area contributed by atoms with Crippen molar-refractivity contribution in [3.05, 3.63) is 18.0 Å². The van der Waals surface area contributed by atoms with Crippen LogP contribution in [-0.2, 0) is 6.18 Å². The Kier molecular flexibility index (Phi) is 1.60. The van der Waals surface area contributed by atoms with Crippen molar-refractivity contribution in [1.82, 2.24) is 9.30 Å². The maximum absolute atomic E-state index is 11.7. The molecule has 0 N–H and O–H groups in total. The summed E-state index contributed by atoms with van der Waals surface area (Å²) in [6.45, 7) is 0. The predicted octanol–water partition coefficient (Wildman–Crippen LogP) is 1.90. The van der Waals surface area contributed by atoms with Gasteiger partial charge in [-0.3, -0.25) is 0 Å². The smallest absolute Gasteiger partial charge is 0.180 e. The van der Waals surface area contributed by atoms with Gasteiger partial charge in [-0.05, 0) is 0 Å². The molecule has 1 aromatic heterocycles. The van der Waals surface area contributed by atoms with E-state index in [2.05, 4.69) is 5.10 Å². The highest BCUT2D eigenvalue weighted by Gasteiger charge is 2.31. The van der Waals surface area contributed by atoms with Crippen LogP contribution in [0.1, 0.15) is 5.56 Å². The van der Waals surface area contributed by atoms with Gasteiger partial charge in [0.1, 0.15) is 0 Å². The number of nitrogens with zero attached hydrogens (tertiary/aromatic N) is 2. The Balaban J connectivity index is 2.96. The molecule has 0 bridgehead atoms. The first-order valence-electron chi connectivity index (χ1n) is 2.28. The summed E-state index contributed by atoms with van der Waals surface area (Å²) in [6, 6.07) is 0. The van der Waals surface area contributed by atoms with Crippen molar-refractivity contribution in [1.29, 1.82) is 0 Å². The van der Waals surface area contributed by atoms with Crippen molar-refractivity contribution in [2.45, 2.75) is 6.18 Å². The molecule has 1 rings (SSSR count). The van der Waals surface area contributed by atoms with Crippen molar-refractivity contribution >= 4 is 11.8 Å². The van der Waals surface area contributed by atoms with Crippen LogP contribution in [0.25, 0.3) is 0 Å². The normalized spacial score (nSPS) is 12.0. The molecule has 1 heterocycles. The molecule has 1 aromatic rings. The van der Waals surface area contributed by atoms with Gasteiger partial charge in [0.05, 0.1) is 18.0 Å². The zero-order valence-electron chi connectivity index (χ0n) is 4.56. The number of aromatic nitrogens is 2. The third-order valence-electron chi connectivity index (χ3n) is 0.880. The van der Waals surface area contributed by atoms with Gasteiger partial charge < -0.3 is 0 Å². The summed E-state index contributed by atoms with van der Waals surface area (Å²) in [6.07, 6.45) is -3.00. The van der Waals surface area contributed by atoms with E-state index in [1.165, 1.54) is 0 Å². The average molecular weight is 171 g/mol. The Hall–Kier alpha value is -0.710. The van der Waals surface area contributed by atoms with Gasteiger partial charge in [0, 0.05) is 11.8 Å². The molecule has 0 spiro atoms. The van der Waals surface area contributed by atoms with Gasteiger partial charge in [-0.25, -0.2) is 0 Å². The third-order valence-corrected chi connectivity index (χ3v) is 1.06. The second-order valence-electron chi connectivity index (χ2n) is 1.62. The lowest BCUT2D eigenvalue weighted by Crippen LogP contribution is -2.02. The second kappa shape index (κ2) is 2.16. The first kappa shape index (κ1) is 7.40. The van der Waals surface area contributed by atoms with Gasteiger partial charge in [-0.2, -0.15) is 22.5 Å². The topological polar surface area (TPSA) is 17.8 Å². The fourth-order valence-corrected chi connectivity index (χ4v) is 0.594. The molecule has 0 radical (unpaired) electrons. The third kappa shape index (κ3) is 1.41. The highest BCUT2D eigenvalue weighted by Crippen LogP contribution is 2.28. The highest BCUT2D eigenvalue weighted by atomic mass is 35.5. The van der Waals surface area contributed by atoms with Crippen LogP contribution < -0.4 is 0 Å². The van der Waals surface area contributed by atoms with Crippen LogP contribution in [-0.4, -0.2) is 9.30 Å². The Morgan fingerprint density at radius 3 is 2.30 bits per heavy atom. The monoisotopic (exact) mass is 170 g/mol. The summed E-state index contributed by atoms with van der Waals surface area (Å²) in [4.78, 5) is 0. The molecule has 0 aliphatic carbocycles. The molecule has 0 saturated carbocycles. The fourth-order valence-electron chi connectivity index (χ4n) is 0.445. The van der Waals surface area contributed by atoms with E-state index in [9.17, 15) is 13.2 Å². The van der Waals surface area contributed by atoms with Gasteiger partial charge in [-0.1, -0.05) is 0 Å². The molecule has 0 aromatic carbocycles. The molecule has 10 heavy (non-hydrogen) atoms. The lowest BCUT2D eigenvalue weighted by molar-refractivity contribution is -0.137. The quantitative estimate of drug-likeness (QED) is 0.582. The molecule has 0 saturated heterocycles. The number of rotatable bonds is 0. The molecule has 0 atom stereocenters. The molecule has 0 amide bonds. The van der Waals surface area contributed by atoms with Crippen LogP contribution in [0.15, 0.2) is 12.4 Å². The van der Waals surface area contributed by atoms with E-state index in [0.29, 0.717) is 16.6 Å². The van der Waals surface area contributed by atoms with Crippen molar-refractivity contribution in [2.24, 2.45) is 0 Å². The van der Waals surface area contributed by atoms with E-state index in [4.69, 9.17) is 11.8 Å². The summed E-state index contributed by atoms with van der Waals surface area (Å²) >= 11 is 5.07. The van der Waals surface area contributed by atoms with Gasteiger partial charge in [0.15, 0.2) is 0 Å². The molecule has 0 aliphatic rings. The zero-order valence-corrected chi connectivity index (χ0v) is 5.32. The Bertz CT molecular complexity index is 229. The van der Waals surface area contributed by atoms with Crippen LogP contribution in [0.2, 0.25) is 0 Å². The van der Waals surface area contributed by atoms with E-state index in [0.717, 1.165) is 0 Å². The van der Waals surface area contributed by atoms with E-state index < -0.39 is 11.7 Å². The molecule has 0 fully saturated rings. The molecule has 56 valence electrons. The standard InChI is InChI=1S/C4H2ClF3N2/c5-10-2-3(1-9-10)4(6,7)8/h1-2H. The van der Waals surface area contributed by atoms with Crippen LogP contribution in [0.4, 0.5) is 13.2 Å². The van der Waals surface area contributed by atoms with Crippen LogP contribution in [0.5, 0.6) is 0 Å². The van der Waals surface area contributed by atoms with Crippen LogP contribution in [0, 0.1) is 0 Å². The summed E-state index contributed by atoms with van der Waals surface area (Å²) in [7, 11) is 0. The van der Waals surface area contributed by atoms with Gasteiger partial charge in [0.25, 0.3) is 0 Å². The van der Waals surface area contributed by atoms with E-state index in [-0.39, 0.29) is 0 Å². The van der Waals surface area contributed by atoms with Gasteiger partial charge in [0.2, 0.25) is 0 Å². The SMILES string of the molecule is FC(F)(F)c1cnn(Cl)c1.